The van der Waals surface area contributed by atoms with Crippen molar-refractivity contribution in [3.8, 4) is 0 Å². The highest BCUT2D eigenvalue weighted by Crippen LogP contribution is 2.30. The molecule has 12 amide bonds. The number of likely N-dealkylation sites (tertiary alicyclic amines) is 2. The first-order chi connectivity index (χ1) is 69.6. The number of amides is 12. The number of hydrogen-bond donors (Lipinski definition) is 8. The molecule has 0 radical (unpaired) electrons. The van der Waals surface area contributed by atoms with Crippen molar-refractivity contribution >= 4 is 118 Å². The largest absolute Gasteiger partial charge is 0.453 e. The number of aromatic nitrogens is 1. The molecule has 0 bridgehead atoms. The van der Waals surface area contributed by atoms with Crippen molar-refractivity contribution in [1.29, 1.82) is 0 Å². The summed E-state index contributed by atoms with van der Waals surface area (Å²) in [5, 5.41) is 25.1. The molecule has 2 aromatic heterocycles. The highest BCUT2D eigenvalue weighted by atomic mass is 32.2. The van der Waals surface area contributed by atoms with Gasteiger partial charge in [-0.25, -0.2) is 38.4 Å². The predicted molar refractivity (Wildman–Crippen MR) is 565 cm³/mol. The molecule has 0 saturated carbocycles. The molecule has 3 aromatic rings. The van der Waals surface area contributed by atoms with E-state index in [1.807, 2.05) is 156 Å². The summed E-state index contributed by atoms with van der Waals surface area (Å²) in [6.45, 7) is 47.8. The van der Waals surface area contributed by atoms with E-state index in [-0.39, 0.29) is 163 Å². The average molecular weight is 2150 g/mol. The van der Waals surface area contributed by atoms with Gasteiger partial charge in [0.15, 0.2) is 46.3 Å². The summed E-state index contributed by atoms with van der Waals surface area (Å²) in [6, 6.07) is 8.61. The SMILES string of the molecule is CC(C)C(=O)C(NC(=O)N1CCOC1)c1ccccc1.COC(=O)N[C@@H](C(=O)C(C)C)c1cccnc1.COC(=O)N[C@@H](C(=O)C(C)C)c1ccsc1.COC(=O)N[C@H](C(=O)C(C)(C)C)[C@@H](C)OC(C)(C)C.COC(=O)N[C@H](C(=O)C(C)C)C1CCSCC1.CO[C@H](C)[C@H](NC(=O)N1CCCC1)C(=O)C(C)C.CO[C@H](C)[C@H](NC(=O)N1CCCC1)C(=O)C(C)C.CO[C@H](C)[C@H](NC(=O)N1CCN(CC(F)(F)F)CC1)C(=O)C(C)C. The molecule has 5 fully saturated rings. The molecule has 149 heavy (non-hydrogen) atoms. The average Bonchev–Trinajstić information content (AvgIpc) is 1.78. The van der Waals surface area contributed by atoms with Crippen LogP contribution in [0.3, 0.4) is 0 Å². The Labute approximate surface area is 888 Å². The number of nitrogens with zero attached hydrogens (tertiary/aromatic N) is 6. The van der Waals surface area contributed by atoms with Gasteiger partial charge in [-0.2, -0.15) is 36.3 Å². The van der Waals surface area contributed by atoms with E-state index in [9.17, 15) is 89.9 Å². The van der Waals surface area contributed by atoms with Crippen LogP contribution in [0.25, 0.3) is 0 Å². The third kappa shape index (κ3) is 51.4. The maximum atomic E-state index is 12.4. The van der Waals surface area contributed by atoms with E-state index >= 15 is 0 Å². The minimum Gasteiger partial charge on any atom is -0.453 e. The molecule has 0 aliphatic carbocycles. The molecule has 7 heterocycles. The fourth-order valence-corrected chi connectivity index (χ4v) is 16.9. The van der Waals surface area contributed by atoms with Crippen molar-refractivity contribution in [2.75, 3.05) is 140 Å². The Morgan fingerprint density at radius 1 is 0.396 bits per heavy atom. The second kappa shape index (κ2) is 69.9. The first-order valence-corrected chi connectivity index (χ1v) is 52.8. The normalized spacial score (nSPS) is 16.7. The molecule has 12 atom stereocenters. The van der Waals surface area contributed by atoms with Crippen LogP contribution < -0.4 is 42.5 Å². The Bertz CT molecular complexity index is 4480. The molecule has 8 N–H and O–H groups in total. The van der Waals surface area contributed by atoms with E-state index in [1.165, 1.54) is 56.7 Å². The van der Waals surface area contributed by atoms with Crippen molar-refractivity contribution in [2.45, 2.75) is 289 Å². The zero-order chi connectivity index (χ0) is 114. The van der Waals surface area contributed by atoms with Gasteiger partial charge in [0.25, 0.3) is 0 Å². The number of nitrogens with one attached hydrogen (secondary N) is 8. The number of alkyl halides is 3. The fourth-order valence-electron chi connectivity index (χ4n) is 15.0. The summed E-state index contributed by atoms with van der Waals surface area (Å²) in [5.41, 5.74) is 1.29. The lowest BCUT2D eigenvalue weighted by molar-refractivity contribution is -0.148. The van der Waals surface area contributed by atoms with Crippen LogP contribution in [0.2, 0.25) is 0 Å². The van der Waals surface area contributed by atoms with Crippen LogP contribution in [0.1, 0.15) is 240 Å². The van der Waals surface area contributed by atoms with Crippen LogP contribution in [0, 0.1) is 52.8 Å². The van der Waals surface area contributed by atoms with Crippen molar-refractivity contribution in [3.05, 3.63) is 88.4 Å². The Balaban J connectivity index is 0.000000854. The van der Waals surface area contributed by atoms with Crippen LogP contribution in [-0.4, -0.2) is 331 Å². The Morgan fingerprint density at radius 3 is 1.09 bits per heavy atom. The minimum atomic E-state index is -4.24. The maximum absolute atomic E-state index is 12.4. The molecule has 39 nitrogen and oxygen atoms in total. The summed E-state index contributed by atoms with van der Waals surface area (Å²) in [5.74, 6) is 1.15. The van der Waals surface area contributed by atoms with Gasteiger partial charge < -0.3 is 99.9 Å². The first kappa shape index (κ1) is 136. The predicted octanol–water partition coefficient (Wildman–Crippen LogP) is 15.0. The zero-order valence-electron chi connectivity index (χ0n) is 93.5. The van der Waals surface area contributed by atoms with Gasteiger partial charge in [0, 0.05) is 145 Å². The molecule has 5 aliphatic heterocycles. The van der Waals surface area contributed by atoms with Crippen molar-refractivity contribution < 1.29 is 133 Å². The van der Waals surface area contributed by atoms with E-state index in [1.54, 1.807) is 123 Å². The Morgan fingerprint density at radius 2 is 0.758 bits per heavy atom. The molecular weight excluding hydrogens is 1980 g/mol. The zero-order valence-corrected chi connectivity index (χ0v) is 95.1. The topological polar surface area (TPSA) is 482 Å². The van der Waals surface area contributed by atoms with Gasteiger partial charge in [-0.05, 0) is 138 Å². The third-order valence-corrected chi connectivity index (χ3v) is 25.9. The van der Waals surface area contributed by atoms with Crippen LogP contribution in [0.15, 0.2) is 71.7 Å². The number of rotatable bonds is 36. The van der Waals surface area contributed by atoms with Gasteiger partial charge in [0.05, 0.1) is 77.6 Å². The molecular formula is C105H173F3N14O25S2. The lowest BCUT2D eigenvalue weighted by atomic mass is 9.84. The number of alkyl carbamates (subject to hydrolysis) is 4. The summed E-state index contributed by atoms with van der Waals surface area (Å²) in [7, 11) is 9.68. The maximum Gasteiger partial charge on any atom is 0.407 e. The number of carbonyl (C=O) groups is 16. The molecule has 1 aromatic carbocycles. The molecule has 5 aliphatic rings. The van der Waals surface area contributed by atoms with Crippen LogP contribution >= 0.6 is 23.1 Å². The summed E-state index contributed by atoms with van der Waals surface area (Å²) in [4.78, 5) is 202. The van der Waals surface area contributed by atoms with Gasteiger partial charge in [0.1, 0.15) is 49.0 Å². The number of halogens is 3. The lowest BCUT2D eigenvalue weighted by Gasteiger charge is -2.36. The van der Waals surface area contributed by atoms with Crippen LogP contribution in [0.5, 0.6) is 0 Å². The number of urea groups is 4. The second-order valence-electron chi connectivity index (χ2n) is 40.6. The van der Waals surface area contributed by atoms with E-state index in [2.05, 4.69) is 66.5 Å². The van der Waals surface area contributed by atoms with E-state index < -0.39 is 109 Å². The molecule has 0 spiro atoms. The third-order valence-electron chi connectivity index (χ3n) is 24.2. The van der Waals surface area contributed by atoms with E-state index in [4.69, 9.17) is 23.7 Å². The van der Waals surface area contributed by atoms with E-state index in [0.717, 1.165) is 87.3 Å². The number of piperazine rings is 1. The number of ether oxygens (including phenoxy) is 9. The van der Waals surface area contributed by atoms with Gasteiger partial charge >= 0.3 is 54.7 Å². The lowest BCUT2D eigenvalue weighted by Crippen LogP contribution is -2.58. The number of pyridine rings is 1. The number of thioether (sulfide) groups is 1. The summed E-state index contributed by atoms with van der Waals surface area (Å²) < 4.78 is 81.8. The Kier molecular flexibility index (Phi) is 64.0. The number of benzene rings is 1. The molecule has 1 unspecified atom stereocenters. The highest BCUT2D eigenvalue weighted by molar-refractivity contribution is 7.99. The monoisotopic (exact) mass is 2150 g/mol. The fraction of sp³-hybridized carbons (Fsp3) is 0.705. The number of Topliss-reactive ketones (excluding diaryl/α,β-unsaturated/α-hetero) is 8. The van der Waals surface area contributed by atoms with Crippen molar-refractivity contribution in [1.82, 2.24) is 72.0 Å². The van der Waals surface area contributed by atoms with Crippen molar-refractivity contribution in [3.63, 3.8) is 0 Å². The standard InChI is InChI=1S/C15H26F3N3O3.C15H20N2O3.C14H27NO4.2C13H24N2O3.C12H16N2O3.C12H21NO3S.C11H15NO3S/c1-10(2)13(22)12(11(3)24-4)19-14(23)21-7-5-20(6-8-21)9-15(16,17)18;1-11(2)14(18)13(12-6-4-3-5-7-12)16-15(19)17-8-9-20-10-17;1-9(19-14(5,6)7)10(15-12(17)18-8)11(16)13(2,3)4;2*1-9(2)12(16)11(10(3)18-4)14-13(17)15-7-5-6-8-15;1-8(2)11(15)10(14-12(16)17-3)9-5-4-6-13-7-9;1-8(2)11(14)10(13-12(15)16-3)9-4-6-17-7-5-9;1-7(2)10(13)9(12-11(14)15-3)8-4-5-16-6-8/h10-12H,5-9H2,1-4H3,(H,19,23);3-7,11,13H,8-10H2,1-2H3,(H,16,19);9-10H,1-8H3,(H,15,17);2*9-11H,5-8H2,1-4H3,(H,14,17);4-8,10H,1-3H3,(H,14,16);8-10H,4-7H2,1-3H3,(H,13,15);4-7,9H,1-3H3,(H,12,14)/t11-,12+;;9-,10+;2*10-,11+;2*10-;9-/m1.111101/s1. The number of thiophene rings is 1. The molecule has 846 valence electrons. The quantitative estimate of drug-likeness (QED) is 0.0251. The van der Waals surface area contributed by atoms with E-state index in [0.29, 0.717) is 18.7 Å². The van der Waals surface area contributed by atoms with Gasteiger partial charge in [-0.1, -0.05) is 154 Å². The minimum absolute atomic E-state index is 0.00432. The summed E-state index contributed by atoms with van der Waals surface area (Å²) >= 11 is 3.39. The number of ketones is 8. The summed E-state index contributed by atoms with van der Waals surface area (Å²) in [6.07, 6.45) is 1.12. The highest BCUT2D eigenvalue weighted by Gasteiger charge is 2.41. The number of hydrogen-bond acceptors (Lipinski definition) is 29. The van der Waals surface area contributed by atoms with Gasteiger partial charge in [-0.3, -0.25) is 53.1 Å². The Hall–Kier alpha value is -10.5. The number of carbonyl (C=O) groups excluding carboxylic acids is 16. The molecule has 44 heteroatoms. The second-order valence-corrected chi connectivity index (χ2v) is 42.6. The smallest absolute Gasteiger partial charge is 0.407 e. The first-order valence-electron chi connectivity index (χ1n) is 50.7. The number of methoxy groups -OCH3 is 7. The van der Waals surface area contributed by atoms with Crippen LogP contribution in [0.4, 0.5) is 51.5 Å². The van der Waals surface area contributed by atoms with Crippen LogP contribution in [-0.2, 0) is 81.0 Å². The molecule has 5 saturated heterocycles. The van der Waals surface area contributed by atoms with Gasteiger partial charge in [0.2, 0.25) is 0 Å². The molecule has 8 rings (SSSR count). The van der Waals surface area contributed by atoms with Crippen molar-refractivity contribution in [2.24, 2.45) is 52.8 Å². The van der Waals surface area contributed by atoms with Gasteiger partial charge in [-0.15, -0.1) is 0 Å².